The molecule has 0 radical (unpaired) electrons. The molecular formula is C30H54N2O15. The first-order valence-electron chi connectivity index (χ1n) is 15.2. The minimum atomic E-state index is -0.840. The summed E-state index contributed by atoms with van der Waals surface area (Å²) in [4.78, 5) is 63.2. The van der Waals surface area contributed by atoms with Crippen molar-refractivity contribution in [1.82, 2.24) is 9.80 Å². The Kier molecular flexibility index (Phi) is 23.1. The molecule has 0 heterocycles. The van der Waals surface area contributed by atoms with Crippen LogP contribution in [0.15, 0.2) is 0 Å². The van der Waals surface area contributed by atoms with Crippen molar-refractivity contribution in [2.24, 2.45) is 0 Å². The van der Waals surface area contributed by atoms with Crippen LogP contribution in [0.1, 0.15) is 41.5 Å². The second-order valence-electron chi connectivity index (χ2n) is 11.7. The molecule has 0 aromatic carbocycles. The molecule has 47 heavy (non-hydrogen) atoms. The fraction of sp³-hybridized carbons (Fsp3) is 0.833. The van der Waals surface area contributed by atoms with Gasteiger partial charge in [-0.25, -0.2) is 14.4 Å². The van der Waals surface area contributed by atoms with Gasteiger partial charge in [0.15, 0.2) is 0 Å². The van der Waals surface area contributed by atoms with Gasteiger partial charge >= 0.3 is 30.1 Å². The Morgan fingerprint density at radius 3 is 1.28 bits per heavy atom. The normalized spacial score (nSPS) is 11.4. The molecule has 0 aromatic heterocycles. The average Bonchev–Trinajstić information content (AvgIpc) is 2.96. The van der Waals surface area contributed by atoms with Crippen molar-refractivity contribution in [1.29, 1.82) is 0 Å². The van der Waals surface area contributed by atoms with E-state index in [0.29, 0.717) is 26.4 Å². The molecular weight excluding hydrogens is 628 g/mol. The summed E-state index contributed by atoms with van der Waals surface area (Å²) < 4.78 is 51.6. The van der Waals surface area contributed by atoms with Gasteiger partial charge in [-0.2, -0.15) is 0 Å². The summed E-state index contributed by atoms with van der Waals surface area (Å²) >= 11 is 0. The largest absolute Gasteiger partial charge is 0.467 e. The smallest absolute Gasteiger partial charge is 0.410 e. The summed E-state index contributed by atoms with van der Waals surface area (Å²) in [5, 5.41) is 0. The highest BCUT2D eigenvalue weighted by Gasteiger charge is 2.27. The Bertz CT molecular complexity index is 918. The molecule has 2 amide bonds. The highest BCUT2D eigenvalue weighted by molar-refractivity contribution is 5.79. The number of esters is 3. The third-order valence-corrected chi connectivity index (χ3v) is 5.19. The van der Waals surface area contributed by atoms with Crippen LogP contribution in [-0.2, 0) is 61.8 Å². The SMILES string of the molecule is COCCN(CC(=O)OCCN(CC(=O)OCCOCCOCCOCCOCC(=O)OC)C(=O)OC(C)(C)C)C(=O)OC(C)(C)C. The van der Waals surface area contributed by atoms with Gasteiger partial charge in [0.25, 0.3) is 0 Å². The lowest BCUT2D eigenvalue weighted by Gasteiger charge is -2.27. The highest BCUT2D eigenvalue weighted by atomic mass is 16.6. The lowest BCUT2D eigenvalue weighted by atomic mass is 10.2. The first kappa shape index (κ1) is 43.8. The van der Waals surface area contributed by atoms with Gasteiger partial charge < -0.3 is 47.4 Å². The van der Waals surface area contributed by atoms with Crippen molar-refractivity contribution in [2.45, 2.75) is 52.7 Å². The van der Waals surface area contributed by atoms with Crippen molar-refractivity contribution >= 4 is 30.1 Å². The molecule has 0 unspecified atom stereocenters. The van der Waals surface area contributed by atoms with Crippen LogP contribution < -0.4 is 0 Å². The van der Waals surface area contributed by atoms with Crippen molar-refractivity contribution in [3.05, 3.63) is 0 Å². The molecule has 0 N–H and O–H groups in total. The second-order valence-corrected chi connectivity index (χ2v) is 11.7. The van der Waals surface area contributed by atoms with Gasteiger partial charge in [0, 0.05) is 13.7 Å². The Morgan fingerprint density at radius 2 is 0.872 bits per heavy atom. The van der Waals surface area contributed by atoms with E-state index in [0.717, 1.165) is 9.80 Å². The van der Waals surface area contributed by atoms with Crippen LogP contribution in [0, 0.1) is 0 Å². The molecule has 0 bridgehead atoms. The number of carbonyl (C=O) groups excluding carboxylic acids is 5. The number of hydrogen-bond donors (Lipinski definition) is 0. The van der Waals surface area contributed by atoms with Gasteiger partial charge in [0.2, 0.25) is 0 Å². The quantitative estimate of drug-likeness (QED) is 0.0809. The van der Waals surface area contributed by atoms with E-state index < -0.39 is 54.4 Å². The fourth-order valence-corrected chi connectivity index (χ4v) is 3.09. The summed E-state index contributed by atoms with van der Waals surface area (Å²) in [6, 6.07) is 0. The second kappa shape index (κ2) is 24.9. The predicted octanol–water partition coefficient (Wildman–Crippen LogP) is 1.43. The Balaban J connectivity index is 4.49. The van der Waals surface area contributed by atoms with E-state index >= 15 is 0 Å². The summed E-state index contributed by atoms with van der Waals surface area (Å²) in [5.41, 5.74) is -1.61. The van der Waals surface area contributed by atoms with E-state index in [1.54, 1.807) is 41.5 Å². The van der Waals surface area contributed by atoms with Crippen molar-refractivity contribution in [2.75, 3.05) is 113 Å². The van der Waals surface area contributed by atoms with Crippen LogP contribution in [-0.4, -0.2) is 164 Å². The minimum Gasteiger partial charge on any atom is -0.467 e. The molecule has 274 valence electrons. The van der Waals surface area contributed by atoms with Gasteiger partial charge in [0.1, 0.15) is 44.1 Å². The molecule has 0 aliphatic carbocycles. The Hall–Kier alpha value is -3.25. The third kappa shape index (κ3) is 26.5. The first-order valence-corrected chi connectivity index (χ1v) is 15.2. The van der Waals surface area contributed by atoms with Gasteiger partial charge in [0.05, 0.1) is 66.5 Å². The number of nitrogens with zero attached hydrogens (tertiary/aromatic N) is 2. The number of methoxy groups -OCH3 is 2. The van der Waals surface area contributed by atoms with Gasteiger partial charge in [-0.05, 0) is 41.5 Å². The monoisotopic (exact) mass is 682 g/mol. The maximum absolute atomic E-state index is 12.7. The number of amides is 2. The van der Waals surface area contributed by atoms with E-state index in [1.165, 1.54) is 14.2 Å². The van der Waals surface area contributed by atoms with Crippen LogP contribution in [0.25, 0.3) is 0 Å². The van der Waals surface area contributed by atoms with E-state index in [-0.39, 0.29) is 59.3 Å². The summed E-state index contributed by atoms with van der Waals surface area (Å²) in [6.45, 7) is 10.8. The molecule has 0 aliphatic heterocycles. The summed E-state index contributed by atoms with van der Waals surface area (Å²) in [6.07, 6.45) is -1.50. The van der Waals surface area contributed by atoms with Crippen molar-refractivity contribution in [3.63, 3.8) is 0 Å². The summed E-state index contributed by atoms with van der Waals surface area (Å²) in [7, 11) is 2.74. The molecule has 0 aromatic rings. The molecule has 17 heteroatoms. The molecule has 0 rings (SSSR count). The van der Waals surface area contributed by atoms with Gasteiger partial charge in [-0.1, -0.05) is 0 Å². The standard InChI is InChI=1S/C30H54N2O15/c1-29(2,3)46-27(36)31(9-11-38-7)21-24(33)44-12-10-32(28(37)47-30(4,5)6)22-25(34)45-20-19-42-16-15-40-13-14-41-17-18-43-23-26(35)39-8/h9-23H2,1-8H3. The highest BCUT2D eigenvalue weighted by Crippen LogP contribution is 2.11. The van der Waals surface area contributed by atoms with E-state index in [2.05, 4.69) is 4.74 Å². The topological polar surface area (TPSA) is 184 Å². The van der Waals surface area contributed by atoms with Crippen LogP contribution in [0.3, 0.4) is 0 Å². The van der Waals surface area contributed by atoms with Crippen LogP contribution in [0.4, 0.5) is 9.59 Å². The number of ether oxygens (including phenoxy) is 10. The molecule has 0 saturated heterocycles. The van der Waals surface area contributed by atoms with E-state index in [4.69, 9.17) is 42.6 Å². The molecule has 0 aliphatic rings. The number of carbonyl (C=O) groups is 5. The zero-order chi connectivity index (χ0) is 35.7. The third-order valence-electron chi connectivity index (χ3n) is 5.19. The zero-order valence-electron chi connectivity index (χ0n) is 29.1. The maximum Gasteiger partial charge on any atom is 0.410 e. The predicted molar refractivity (Wildman–Crippen MR) is 165 cm³/mol. The molecule has 0 atom stereocenters. The summed E-state index contributed by atoms with van der Waals surface area (Å²) in [5.74, 6) is -1.91. The lowest BCUT2D eigenvalue weighted by Crippen LogP contribution is -2.43. The van der Waals surface area contributed by atoms with Crippen molar-refractivity contribution in [3.8, 4) is 0 Å². The molecule has 0 saturated carbocycles. The first-order chi connectivity index (χ1) is 22.1. The number of hydrogen-bond acceptors (Lipinski definition) is 15. The Labute approximate surface area is 277 Å². The number of rotatable bonds is 24. The molecule has 0 spiro atoms. The van der Waals surface area contributed by atoms with Gasteiger partial charge in [-0.15, -0.1) is 0 Å². The lowest BCUT2D eigenvalue weighted by molar-refractivity contribution is -0.148. The van der Waals surface area contributed by atoms with Crippen LogP contribution >= 0.6 is 0 Å². The Morgan fingerprint density at radius 1 is 0.489 bits per heavy atom. The van der Waals surface area contributed by atoms with E-state index in [9.17, 15) is 24.0 Å². The fourth-order valence-electron chi connectivity index (χ4n) is 3.09. The minimum absolute atomic E-state index is 0.0629. The van der Waals surface area contributed by atoms with Crippen LogP contribution in [0.5, 0.6) is 0 Å². The zero-order valence-corrected chi connectivity index (χ0v) is 29.1. The molecule has 0 fully saturated rings. The van der Waals surface area contributed by atoms with Crippen molar-refractivity contribution < 1.29 is 71.3 Å². The maximum atomic E-state index is 12.7. The van der Waals surface area contributed by atoms with Gasteiger partial charge in [-0.3, -0.25) is 19.4 Å². The van der Waals surface area contributed by atoms with Crippen LogP contribution in [0.2, 0.25) is 0 Å². The molecule has 17 nitrogen and oxygen atoms in total. The average molecular weight is 683 g/mol. The van der Waals surface area contributed by atoms with E-state index in [1.807, 2.05) is 0 Å².